The molecule has 3 aromatic carbocycles. The average molecular weight is 584 g/mol. The summed E-state index contributed by atoms with van der Waals surface area (Å²) in [6.07, 6.45) is 1.53. The number of benzene rings is 3. The molecule has 3 N–H and O–H groups in total. The number of guanidine groups is 1. The van der Waals surface area contributed by atoms with E-state index in [0.29, 0.717) is 59.9 Å². The first kappa shape index (κ1) is 29.2. The fraction of sp³-hybridized carbons (Fsp3) is 0.300. The lowest BCUT2D eigenvalue weighted by Gasteiger charge is -2.32. The van der Waals surface area contributed by atoms with Gasteiger partial charge in [-0.15, -0.1) is 4.99 Å². The number of carbonyl (C=O) groups excluding carboxylic acids is 2. The standard InChI is InChI=1S/C30H32Cl2N4O4/c31-25-10-9-23(27(32)18-25)13-16-39-26-8-4-7-24(17-26)28(37)34-19-21-11-14-36(15-12-21)29(33)35-30(38)40-20-22-5-2-1-3-6-22/h1-10,17-18,21H,11-16,19-20H2,(H,34,37)(H2,33,35,38). The summed E-state index contributed by atoms with van der Waals surface area (Å²) in [4.78, 5) is 30.5. The summed E-state index contributed by atoms with van der Waals surface area (Å²) in [5, 5.41) is 4.22. The van der Waals surface area contributed by atoms with E-state index in [1.54, 1.807) is 30.3 Å². The molecule has 2 amide bonds. The van der Waals surface area contributed by atoms with Crippen LogP contribution in [-0.4, -0.2) is 49.1 Å². The maximum atomic E-state index is 12.8. The molecule has 3 aromatic rings. The van der Waals surface area contributed by atoms with E-state index in [1.807, 2.05) is 47.4 Å². The second-order valence-corrected chi connectivity index (χ2v) is 10.4. The van der Waals surface area contributed by atoms with Gasteiger partial charge in [-0.1, -0.05) is 65.7 Å². The SMILES string of the molecule is N/C(=N\C(=O)OCc1ccccc1)N1CCC(CNC(=O)c2cccc(OCCc3ccc(Cl)cc3Cl)c2)CC1. The first-order valence-electron chi connectivity index (χ1n) is 13.1. The van der Waals surface area contributed by atoms with Gasteiger partial charge in [0.1, 0.15) is 12.4 Å². The van der Waals surface area contributed by atoms with Crippen molar-refractivity contribution < 1.29 is 19.1 Å². The number of nitrogens with two attached hydrogens (primary N) is 1. The van der Waals surface area contributed by atoms with Gasteiger partial charge in [0.25, 0.3) is 5.91 Å². The van der Waals surface area contributed by atoms with Crippen LogP contribution >= 0.6 is 23.2 Å². The van der Waals surface area contributed by atoms with E-state index in [0.717, 1.165) is 24.0 Å². The van der Waals surface area contributed by atoms with Crippen molar-refractivity contribution in [1.29, 1.82) is 0 Å². The van der Waals surface area contributed by atoms with Gasteiger partial charge in [0.05, 0.1) is 6.61 Å². The third-order valence-corrected chi connectivity index (χ3v) is 7.24. The van der Waals surface area contributed by atoms with Crippen LogP contribution in [0.1, 0.15) is 34.3 Å². The number of hydrogen-bond donors (Lipinski definition) is 2. The zero-order chi connectivity index (χ0) is 28.3. The van der Waals surface area contributed by atoms with Crippen LogP contribution < -0.4 is 15.8 Å². The first-order valence-corrected chi connectivity index (χ1v) is 13.9. The Balaban J connectivity index is 1.17. The molecule has 0 aromatic heterocycles. The zero-order valence-corrected chi connectivity index (χ0v) is 23.5. The number of ether oxygens (including phenoxy) is 2. The fourth-order valence-corrected chi connectivity index (χ4v) is 4.85. The highest BCUT2D eigenvalue weighted by Crippen LogP contribution is 2.22. The molecule has 40 heavy (non-hydrogen) atoms. The van der Waals surface area contributed by atoms with Crippen molar-refractivity contribution in [1.82, 2.24) is 10.2 Å². The van der Waals surface area contributed by atoms with Crippen molar-refractivity contribution in [3.8, 4) is 5.75 Å². The summed E-state index contributed by atoms with van der Waals surface area (Å²) in [5.74, 6) is 0.899. The Labute approximate surface area is 244 Å². The molecule has 1 aliphatic rings. The van der Waals surface area contributed by atoms with Gasteiger partial charge in [0.2, 0.25) is 5.96 Å². The van der Waals surface area contributed by atoms with Gasteiger partial charge in [0.15, 0.2) is 0 Å². The van der Waals surface area contributed by atoms with Crippen molar-refractivity contribution >= 4 is 41.2 Å². The summed E-state index contributed by atoms with van der Waals surface area (Å²) in [6.45, 7) is 2.39. The molecule has 0 unspecified atom stereocenters. The lowest BCUT2D eigenvalue weighted by atomic mass is 9.97. The van der Waals surface area contributed by atoms with Gasteiger partial charge in [-0.2, -0.15) is 0 Å². The largest absolute Gasteiger partial charge is 0.493 e. The van der Waals surface area contributed by atoms with E-state index in [-0.39, 0.29) is 18.5 Å². The van der Waals surface area contributed by atoms with Crippen LogP contribution in [0.4, 0.5) is 4.79 Å². The predicted molar refractivity (Wildman–Crippen MR) is 157 cm³/mol. The molecule has 0 spiro atoms. The molecule has 0 radical (unpaired) electrons. The molecular formula is C30H32Cl2N4O4. The molecule has 0 saturated carbocycles. The van der Waals surface area contributed by atoms with E-state index in [4.69, 9.17) is 38.4 Å². The Morgan fingerprint density at radius 1 is 1.00 bits per heavy atom. The summed E-state index contributed by atoms with van der Waals surface area (Å²) >= 11 is 12.2. The Morgan fingerprint density at radius 3 is 2.52 bits per heavy atom. The van der Waals surface area contributed by atoms with E-state index in [9.17, 15) is 9.59 Å². The maximum absolute atomic E-state index is 12.8. The Hall–Kier alpha value is -3.75. The Bertz CT molecular complexity index is 1330. The van der Waals surface area contributed by atoms with E-state index in [2.05, 4.69) is 10.3 Å². The molecule has 8 nitrogen and oxygen atoms in total. The molecule has 0 aliphatic carbocycles. The summed E-state index contributed by atoms with van der Waals surface area (Å²) < 4.78 is 11.0. The van der Waals surface area contributed by atoms with E-state index >= 15 is 0 Å². The quantitative estimate of drug-likeness (QED) is 0.247. The minimum Gasteiger partial charge on any atom is -0.493 e. The third kappa shape index (κ3) is 8.89. The lowest BCUT2D eigenvalue weighted by molar-refractivity contribution is 0.0940. The highest BCUT2D eigenvalue weighted by Gasteiger charge is 2.22. The van der Waals surface area contributed by atoms with Gasteiger partial charge >= 0.3 is 6.09 Å². The molecule has 1 saturated heterocycles. The number of rotatable bonds is 9. The molecule has 0 atom stereocenters. The highest BCUT2D eigenvalue weighted by molar-refractivity contribution is 6.35. The molecule has 1 aliphatic heterocycles. The summed E-state index contributed by atoms with van der Waals surface area (Å²) in [7, 11) is 0. The topological polar surface area (TPSA) is 106 Å². The van der Waals surface area contributed by atoms with Gasteiger partial charge in [-0.25, -0.2) is 4.79 Å². The minimum absolute atomic E-state index is 0.144. The summed E-state index contributed by atoms with van der Waals surface area (Å²) in [6, 6.07) is 21.9. The molecule has 0 bridgehead atoms. The first-order chi connectivity index (χ1) is 19.4. The van der Waals surface area contributed by atoms with Crippen molar-refractivity contribution in [2.24, 2.45) is 16.6 Å². The van der Waals surface area contributed by atoms with E-state index < -0.39 is 6.09 Å². The average Bonchev–Trinajstić information content (AvgIpc) is 2.97. The van der Waals surface area contributed by atoms with Crippen LogP contribution in [0.3, 0.4) is 0 Å². The number of carbonyl (C=O) groups is 2. The Morgan fingerprint density at radius 2 is 1.77 bits per heavy atom. The fourth-order valence-electron chi connectivity index (χ4n) is 4.35. The van der Waals surface area contributed by atoms with Gasteiger partial charge in [0, 0.05) is 41.7 Å². The number of amides is 2. The third-order valence-electron chi connectivity index (χ3n) is 6.65. The number of hydrogen-bond acceptors (Lipinski definition) is 4. The number of aliphatic imine (C=N–C) groups is 1. The number of likely N-dealkylation sites (tertiary alicyclic amines) is 1. The van der Waals surface area contributed by atoms with Crippen LogP contribution in [-0.2, 0) is 17.8 Å². The molecule has 10 heteroatoms. The van der Waals surface area contributed by atoms with Crippen molar-refractivity contribution in [3.63, 3.8) is 0 Å². The molecule has 1 heterocycles. The number of nitrogens with one attached hydrogen (secondary N) is 1. The highest BCUT2D eigenvalue weighted by atomic mass is 35.5. The van der Waals surface area contributed by atoms with Crippen LogP contribution in [0.25, 0.3) is 0 Å². The van der Waals surface area contributed by atoms with Crippen LogP contribution in [0, 0.1) is 5.92 Å². The predicted octanol–water partition coefficient (Wildman–Crippen LogP) is 5.71. The van der Waals surface area contributed by atoms with Crippen molar-refractivity contribution in [3.05, 3.63) is 99.5 Å². The zero-order valence-electron chi connectivity index (χ0n) is 22.0. The number of nitrogens with zero attached hydrogens (tertiary/aromatic N) is 2. The monoisotopic (exact) mass is 582 g/mol. The van der Waals surface area contributed by atoms with Crippen molar-refractivity contribution in [2.45, 2.75) is 25.9 Å². The van der Waals surface area contributed by atoms with Crippen LogP contribution in [0.2, 0.25) is 10.0 Å². The molecule has 4 rings (SSSR count). The second kappa shape index (κ2) is 14.6. The maximum Gasteiger partial charge on any atom is 0.437 e. The Kier molecular flexibility index (Phi) is 10.7. The van der Waals surface area contributed by atoms with Gasteiger partial charge in [-0.05, 0) is 60.2 Å². The van der Waals surface area contributed by atoms with Crippen LogP contribution in [0.15, 0.2) is 77.8 Å². The smallest absolute Gasteiger partial charge is 0.437 e. The van der Waals surface area contributed by atoms with Crippen molar-refractivity contribution in [2.75, 3.05) is 26.2 Å². The molecular weight excluding hydrogens is 551 g/mol. The summed E-state index contributed by atoms with van der Waals surface area (Å²) in [5.41, 5.74) is 8.40. The number of halogens is 2. The number of piperidine rings is 1. The lowest BCUT2D eigenvalue weighted by Crippen LogP contribution is -2.45. The molecule has 210 valence electrons. The molecule has 1 fully saturated rings. The van der Waals surface area contributed by atoms with Crippen LogP contribution in [0.5, 0.6) is 5.75 Å². The van der Waals surface area contributed by atoms with Gasteiger partial charge < -0.3 is 25.4 Å². The minimum atomic E-state index is -0.712. The van der Waals surface area contributed by atoms with E-state index in [1.165, 1.54) is 0 Å². The second-order valence-electron chi connectivity index (χ2n) is 9.51. The van der Waals surface area contributed by atoms with Gasteiger partial charge in [-0.3, -0.25) is 4.79 Å². The normalized spacial score (nSPS) is 14.1.